The van der Waals surface area contributed by atoms with Crippen molar-refractivity contribution in [3.8, 4) is 5.75 Å². The van der Waals surface area contributed by atoms with Gasteiger partial charge in [0.25, 0.3) is 0 Å². The third-order valence-corrected chi connectivity index (χ3v) is 3.74. The normalized spacial score (nSPS) is 15.3. The van der Waals surface area contributed by atoms with Gasteiger partial charge in [-0.05, 0) is 37.1 Å². The molecule has 1 aliphatic heterocycles. The van der Waals surface area contributed by atoms with Crippen molar-refractivity contribution < 1.29 is 14.3 Å². The number of nitrogens with zero attached hydrogens (tertiary/aromatic N) is 1. The van der Waals surface area contributed by atoms with E-state index >= 15 is 0 Å². The van der Waals surface area contributed by atoms with Crippen LogP contribution in [0.1, 0.15) is 30.4 Å². The number of amides is 1. The monoisotopic (exact) mass is 275 g/mol. The van der Waals surface area contributed by atoms with Gasteiger partial charge < -0.3 is 9.64 Å². The van der Waals surface area contributed by atoms with Gasteiger partial charge in [0, 0.05) is 25.9 Å². The molecule has 2 rings (SSSR count). The molecule has 4 nitrogen and oxygen atoms in total. The second-order valence-corrected chi connectivity index (χ2v) is 5.26. The van der Waals surface area contributed by atoms with Crippen LogP contribution in [0.3, 0.4) is 0 Å². The van der Waals surface area contributed by atoms with Crippen LogP contribution in [-0.4, -0.2) is 36.3 Å². The molecule has 0 unspecified atom stereocenters. The molecule has 0 saturated carbocycles. The molecule has 0 atom stereocenters. The van der Waals surface area contributed by atoms with E-state index in [4.69, 9.17) is 4.74 Å². The number of ketones is 1. The number of ether oxygens (including phenoxy) is 1. The lowest BCUT2D eigenvalue weighted by molar-refractivity contribution is -0.134. The summed E-state index contributed by atoms with van der Waals surface area (Å²) in [7, 11) is 0. The van der Waals surface area contributed by atoms with Crippen molar-refractivity contribution in [1.82, 2.24) is 4.90 Å². The average molecular weight is 275 g/mol. The summed E-state index contributed by atoms with van der Waals surface area (Å²) < 4.78 is 5.61. The Hall–Kier alpha value is -1.84. The molecule has 1 fully saturated rings. The average Bonchev–Trinajstić information content (AvgIpc) is 2.43. The molecule has 0 spiro atoms. The minimum absolute atomic E-state index is 0.0707. The van der Waals surface area contributed by atoms with E-state index < -0.39 is 0 Å². The summed E-state index contributed by atoms with van der Waals surface area (Å²) in [6, 6.07) is 5.93. The van der Waals surface area contributed by atoms with Gasteiger partial charge in [0.2, 0.25) is 5.91 Å². The van der Waals surface area contributed by atoms with Crippen LogP contribution in [0.25, 0.3) is 0 Å². The van der Waals surface area contributed by atoms with E-state index in [0.29, 0.717) is 39.0 Å². The van der Waals surface area contributed by atoms with Crippen LogP contribution in [0.5, 0.6) is 5.75 Å². The van der Waals surface area contributed by atoms with Crippen molar-refractivity contribution in [2.45, 2.75) is 33.1 Å². The van der Waals surface area contributed by atoms with Gasteiger partial charge in [0.1, 0.15) is 11.5 Å². The molecule has 108 valence electrons. The zero-order valence-electron chi connectivity index (χ0n) is 12.1. The minimum Gasteiger partial charge on any atom is -0.493 e. The lowest BCUT2D eigenvalue weighted by atomic mass is 10.1. The number of benzene rings is 1. The third kappa shape index (κ3) is 3.83. The number of carbonyl (C=O) groups excluding carboxylic acids is 2. The number of hydrogen-bond donors (Lipinski definition) is 0. The number of rotatable bonds is 4. The minimum atomic E-state index is 0.0707. The molecule has 1 aromatic carbocycles. The van der Waals surface area contributed by atoms with Crippen molar-refractivity contribution in [1.29, 1.82) is 0 Å². The van der Waals surface area contributed by atoms with Crippen LogP contribution in [0.15, 0.2) is 18.2 Å². The smallest absolute Gasteiger partial charge is 0.226 e. The number of Topliss-reactive ketones (excluding diaryl/α,β-unsaturated/α-hetero) is 1. The highest BCUT2D eigenvalue weighted by Crippen LogP contribution is 2.16. The fourth-order valence-corrected chi connectivity index (χ4v) is 2.22. The van der Waals surface area contributed by atoms with Crippen LogP contribution < -0.4 is 4.74 Å². The Kier molecular flexibility index (Phi) is 4.77. The SMILES string of the molecule is Cc1ccc(OCCC(=O)N2CCC(=O)CC2)cc1C. The Bertz CT molecular complexity index is 500. The van der Waals surface area contributed by atoms with Gasteiger partial charge in [-0.15, -0.1) is 0 Å². The lowest BCUT2D eigenvalue weighted by Crippen LogP contribution is -2.39. The first-order valence-electron chi connectivity index (χ1n) is 7.06. The van der Waals surface area contributed by atoms with Crippen molar-refractivity contribution in [2.24, 2.45) is 0 Å². The first-order valence-corrected chi connectivity index (χ1v) is 7.06. The van der Waals surface area contributed by atoms with Gasteiger partial charge in [-0.3, -0.25) is 9.59 Å². The largest absolute Gasteiger partial charge is 0.493 e. The number of aryl methyl sites for hydroxylation is 2. The van der Waals surface area contributed by atoms with E-state index in [1.807, 2.05) is 25.1 Å². The van der Waals surface area contributed by atoms with Crippen molar-refractivity contribution in [2.75, 3.05) is 19.7 Å². The number of likely N-dealkylation sites (tertiary alicyclic amines) is 1. The second-order valence-electron chi connectivity index (χ2n) is 5.26. The highest BCUT2D eigenvalue weighted by molar-refractivity contribution is 5.83. The van der Waals surface area contributed by atoms with E-state index in [-0.39, 0.29) is 11.7 Å². The Balaban J connectivity index is 1.76. The first kappa shape index (κ1) is 14.6. The third-order valence-electron chi connectivity index (χ3n) is 3.74. The van der Waals surface area contributed by atoms with Crippen LogP contribution in [0, 0.1) is 13.8 Å². The van der Waals surface area contributed by atoms with E-state index in [1.54, 1.807) is 4.90 Å². The van der Waals surface area contributed by atoms with Crippen LogP contribution in [-0.2, 0) is 9.59 Å². The molecular weight excluding hydrogens is 254 g/mol. The molecule has 1 aromatic rings. The van der Waals surface area contributed by atoms with Gasteiger partial charge >= 0.3 is 0 Å². The molecule has 0 radical (unpaired) electrons. The first-order chi connectivity index (χ1) is 9.56. The van der Waals surface area contributed by atoms with Crippen molar-refractivity contribution in [3.63, 3.8) is 0 Å². The zero-order valence-corrected chi connectivity index (χ0v) is 12.1. The molecule has 0 bridgehead atoms. The van der Waals surface area contributed by atoms with E-state index in [2.05, 4.69) is 6.92 Å². The Labute approximate surface area is 119 Å². The predicted octanol–water partition coefficient (Wildman–Crippen LogP) is 2.26. The molecular formula is C16H21NO3. The maximum Gasteiger partial charge on any atom is 0.226 e. The quantitative estimate of drug-likeness (QED) is 0.847. The summed E-state index contributed by atoms with van der Waals surface area (Å²) in [5, 5.41) is 0. The molecule has 1 aliphatic rings. The van der Waals surface area contributed by atoms with E-state index in [1.165, 1.54) is 11.1 Å². The fourth-order valence-electron chi connectivity index (χ4n) is 2.22. The lowest BCUT2D eigenvalue weighted by Gasteiger charge is -2.26. The standard InChI is InChI=1S/C16H21NO3/c1-12-3-4-15(11-13(12)2)20-10-7-16(19)17-8-5-14(18)6-9-17/h3-4,11H,5-10H2,1-2H3. The van der Waals surface area contributed by atoms with Gasteiger partial charge in [-0.1, -0.05) is 6.07 Å². The molecule has 1 heterocycles. The van der Waals surface area contributed by atoms with Gasteiger partial charge in [0.15, 0.2) is 0 Å². The molecule has 1 amide bonds. The van der Waals surface area contributed by atoms with Gasteiger partial charge in [-0.2, -0.15) is 0 Å². The summed E-state index contributed by atoms with van der Waals surface area (Å²) in [5.74, 6) is 1.12. The maximum absolute atomic E-state index is 12.0. The maximum atomic E-state index is 12.0. The summed E-state index contributed by atoms with van der Waals surface area (Å²) in [4.78, 5) is 24.8. The number of piperidine rings is 1. The zero-order chi connectivity index (χ0) is 14.5. The summed E-state index contributed by atoms with van der Waals surface area (Å²) in [6.07, 6.45) is 1.34. The van der Waals surface area contributed by atoms with E-state index in [9.17, 15) is 9.59 Å². The fraction of sp³-hybridized carbons (Fsp3) is 0.500. The van der Waals surface area contributed by atoms with Crippen molar-refractivity contribution >= 4 is 11.7 Å². The second kappa shape index (κ2) is 6.55. The molecule has 4 heteroatoms. The van der Waals surface area contributed by atoms with Gasteiger partial charge in [0.05, 0.1) is 13.0 Å². The highest BCUT2D eigenvalue weighted by Gasteiger charge is 2.20. The Morgan fingerprint density at radius 3 is 2.55 bits per heavy atom. The highest BCUT2D eigenvalue weighted by atomic mass is 16.5. The molecule has 0 aromatic heterocycles. The molecule has 0 aliphatic carbocycles. The van der Waals surface area contributed by atoms with Crippen LogP contribution in [0.4, 0.5) is 0 Å². The number of carbonyl (C=O) groups is 2. The topological polar surface area (TPSA) is 46.6 Å². The Morgan fingerprint density at radius 2 is 1.90 bits per heavy atom. The molecule has 1 saturated heterocycles. The summed E-state index contributed by atoms with van der Waals surface area (Å²) in [6.45, 7) is 5.59. The van der Waals surface area contributed by atoms with Crippen molar-refractivity contribution in [3.05, 3.63) is 29.3 Å². The van der Waals surface area contributed by atoms with E-state index in [0.717, 1.165) is 5.75 Å². The summed E-state index contributed by atoms with van der Waals surface area (Å²) >= 11 is 0. The van der Waals surface area contributed by atoms with Crippen LogP contribution >= 0.6 is 0 Å². The summed E-state index contributed by atoms with van der Waals surface area (Å²) in [5.41, 5.74) is 2.41. The van der Waals surface area contributed by atoms with Crippen LogP contribution in [0.2, 0.25) is 0 Å². The number of hydrogen-bond acceptors (Lipinski definition) is 3. The molecule has 20 heavy (non-hydrogen) atoms. The van der Waals surface area contributed by atoms with Gasteiger partial charge in [-0.25, -0.2) is 0 Å². The predicted molar refractivity (Wildman–Crippen MR) is 76.8 cm³/mol. The Morgan fingerprint density at radius 1 is 1.20 bits per heavy atom. The molecule has 0 N–H and O–H groups in total.